The molecule has 1 atom stereocenters. The molecule has 0 bridgehead atoms. The SMILES string of the molecule is Cc1ccc2c(c1)C(NC(=O)CN(c1ccc(C)c(C)c1)S(=O)(=O)c1ccccc1)CC(C)(C)O2. The van der Waals surface area contributed by atoms with Crippen LogP contribution < -0.4 is 14.4 Å². The summed E-state index contributed by atoms with van der Waals surface area (Å²) < 4.78 is 34.6. The van der Waals surface area contributed by atoms with Crippen molar-refractivity contribution in [3.8, 4) is 5.75 Å². The second kappa shape index (κ2) is 9.38. The van der Waals surface area contributed by atoms with E-state index in [4.69, 9.17) is 4.74 Å². The third-order valence-corrected chi connectivity index (χ3v) is 8.14. The first-order chi connectivity index (χ1) is 16.5. The highest BCUT2D eigenvalue weighted by molar-refractivity contribution is 7.92. The average molecular weight is 493 g/mol. The summed E-state index contributed by atoms with van der Waals surface area (Å²) in [6.07, 6.45) is 0.574. The van der Waals surface area contributed by atoms with Crippen LogP contribution >= 0.6 is 0 Å². The van der Waals surface area contributed by atoms with E-state index in [1.54, 1.807) is 42.5 Å². The van der Waals surface area contributed by atoms with E-state index < -0.39 is 15.6 Å². The number of carbonyl (C=O) groups excluding carboxylic acids is 1. The first-order valence-corrected chi connectivity index (χ1v) is 13.1. The van der Waals surface area contributed by atoms with Crippen LogP contribution in [0.5, 0.6) is 5.75 Å². The maximum absolute atomic E-state index is 13.6. The Labute approximate surface area is 208 Å². The minimum Gasteiger partial charge on any atom is -0.487 e. The number of rotatable bonds is 6. The number of aryl methyl sites for hydroxylation is 3. The molecule has 184 valence electrons. The summed E-state index contributed by atoms with van der Waals surface area (Å²) in [6, 6.07) is 19.2. The molecule has 0 aromatic heterocycles. The lowest BCUT2D eigenvalue weighted by Gasteiger charge is -2.38. The van der Waals surface area contributed by atoms with Crippen molar-refractivity contribution in [2.75, 3.05) is 10.8 Å². The second-order valence-electron chi connectivity index (χ2n) is 9.82. The molecule has 3 aromatic rings. The van der Waals surface area contributed by atoms with Crippen molar-refractivity contribution in [1.29, 1.82) is 0 Å². The van der Waals surface area contributed by atoms with E-state index in [1.807, 2.05) is 58.9 Å². The maximum Gasteiger partial charge on any atom is 0.264 e. The van der Waals surface area contributed by atoms with E-state index >= 15 is 0 Å². The average Bonchev–Trinajstić information content (AvgIpc) is 2.80. The van der Waals surface area contributed by atoms with Crippen molar-refractivity contribution in [2.24, 2.45) is 0 Å². The van der Waals surface area contributed by atoms with Crippen molar-refractivity contribution < 1.29 is 17.9 Å². The van der Waals surface area contributed by atoms with E-state index in [0.29, 0.717) is 12.1 Å². The molecular weight excluding hydrogens is 460 g/mol. The van der Waals surface area contributed by atoms with Gasteiger partial charge in [-0.3, -0.25) is 9.10 Å². The van der Waals surface area contributed by atoms with Gasteiger partial charge in [0.1, 0.15) is 17.9 Å². The lowest BCUT2D eigenvalue weighted by molar-refractivity contribution is -0.120. The zero-order chi connectivity index (χ0) is 25.4. The number of nitrogens with zero attached hydrogens (tertiary/aromatic N) is 1. The number of nitrogens with one attached hydrogen (secondary N) is 1. The standard InChI is InChI=1S/C28H32N2O4S/c1-19-11-14-26-24(15-19)25(17-28(4,5)34-26)29-27(31)18-30(22-13-12-20(2)21(3)16-22)35(32,33)23-9-7-6-8-10-23/h6-16,25H,17-18H2,1-5H3,(H,29,31). The molecule has 4 rings (SSSR count). The van der Waals surface area contributed by atoms with E-state index in [9.17, 15) is 13.2 Å². The van der Waals surface area contributed by atoms with E-state index in [1.165, 1.54) is 4.31 Å². The van der Waals surface area contributed by atoms with Gasteiger partial charge in [0.15, 0.2) is 0 Å². The molecule has 3 aromatic carbocycles. The largest absolute Gasteiger partial charge is 0.487 e. The van der Waals surface area contributed by atoms with Crippen molar-refractivity contribution >= 4 is 21.6 Å². The number of anilines is 1. The predicted octanol–water partition coefficient (Wildman–Crippen LogP) is 5.23. The summed E-state index contributed by atoms with van der Waals surface area (Å²) in [5, 5.41) is 3.08. The number of amides is 1. The van der Waals surface area contributed by atoms with Crippen molar-refractivity contribution in [2.45, 2.75) is 57.6 Å². The quantitative estimate of drug-likeness (QED) is 0.512. The van der Waals surface area contributed by atoms with Gasteiger partial charge in [0.2, 0.25) is 5.91 Å². The Kier molecular flexibility index (Phi) is 6.64. The molecule has 1 unspecified atom stereocenters. The van der Waals surface area contributed by atoms with Crippen molar-refractivity contribution in [3.63, 3.8) is 0 Å². The van der Waals surface area contributed by atoms with Crippen LogP contribution in [0, 0.1) is 20.8 Å². The number of hydrogen-bond donors (Lipinski definition) is 1. The van der Waals surface area contributed by atoms with E-state index in [-0.39, 0.29) is 23.4 Å². The van der Waals surface area contributed by atoms with Gasteiger partial charge < -0.3 is 10.1 Å². The van der Waals surface area contributed by atoms with Crippen LogP contribution in [-0.2, 0) is 14.8 Å². The van der Waals surface area contributed by atoms with Crippen LogP contribution in [0.4, 0.5) is 5.69 Å². The fraction of sp³-hybridized carbons (Fsp3) is 0.321. The highest BCUT2D eigenvalue weighted by Gasteiger charge is 2.35. The molecule has 1 aliphatic rings. The topological polar surface area (TPSA) is 75.7 Å². The number of benzene rings is 3. The van der Waals surface area contributed by atoms with Gasteiger partial charge in [-0.2, -0.15) is 0 Å². The molecule has 1 aliphatic heterocycles. The lowest BCUT2D eigenvalue weighted by atomic mass is 9.89. The molecule has 0 fully saturated rings. The Hall–Kier alpha value is -3.32. The highest BCUT2D eigenvalue weighted by atomic mass is 32.2. The summed E-state index contributed by atoms with van der Waals surface area (Å²) in [7, 11) is -3.96. The summed E-state index contributed by atoms with van der Waals surface area (Å²) in [5.74, 6) is 0.359. The second-order valence-corrected chi connectivity index (χ2v) is 11.7. The fourth-order valence-corrected chi connectivity index (χ4v) is 5.82. The van der Waals surface area contributed by atoms with Gasteiger partial charge in [-0.05, 0) is 76.1 Å². The van der Waals surface area contributed by atoms with Crippen LogP contribution in [0.25, 0.3) is 0 Å². The Balaban J connectivity index is 1.67. The smallest absolute Gasteiger partial charge is 0.264 e. The molecular formula is C28H32N2O4S. The van der Waals surface area contributed by atoms with Gasteiger partial charge in [-0.15, -0.1) is 0 Å². The first kappa shape index (κ1) is 24.8. The van der Waals surface area contributed by atoms with E-state index in [2.05, 4.69) is 5.32 Å². The van der Waals surface area contributed by atoms with Gasteiger partial charge in [-0.25, -0.2) is 8.42 Å². The summed E-state index contributed by atoms with van der Waals surface area (Å²) in [5.41, 5.74) is 3.95. The minimum absolute atomic E-state index is 0.138. The number of hydrogen-bond acceptors (Lipinski definition) is 4. The fourth-order valence-electron chi connectivity index (χ4n) is 4.39. The molecule has 6 nitrogen and oxygen atoms in total. The molecule has 1 heterocycles. The van der Waals surface area contributed by atoms with Gasteiger partial charge in [0, 0.05) is 12.0 Å². The Morgan fingerprint density at radius 2 is 1.71 bits per heavy atom. The monoisotopic (exact) mass is 492 g/mol. The number of sulfonamides is 1. The Morgan fingerprint density at radius 3 is 2.40 bits per heavy atom. The third-order valence-electron chi connectivity index (χ3n) is 6.35. The molecule has 7 heteroatoms. The van der Waals surface area contributed by atoms with Gasteiger partial charge >= 0.3 is 0 Å². The van der Waals surface area contributed by atoms with Gasteiger partial charge in [0.05, 0.1) is 16.6 Å². The van der Waals surface area contributed by atoms with Crippen LogP contribution in [0.1, 0.15) is 48.6 Å². The summed E-state index contributed by atoms with van der Waals surface area (Å²) in [6.45, 7) is 9.52. The zero-order valence-corrected chi connectivity index (χ0v) is 21.6. The molecule has 0 saturated carbocycles. The molecule has 35 heavy (non-hydrogen) atoms. The van der Waals surface area contributed by atoms with Gasteiger partial charge in [0.25, 0.3) is 10.0 Å². The molecule has 1 amide bonds. The molecule has 0 spiro atoms. The maximum atomic E-state index is 13.6. The molecule has 0 saturated heterocycles. The first-order valence-electron chi connectivity index (χ1n) is 11.7. The normalized spacial score (nSPS) is 16.7. The predicted molar refractivity (Wildman–Crippen MR) is 138 cm³/mol. The number of fused-ring (bicyclic) bond motifs is 1. The van der Waals surface area contributed by atoms with Crippen LogP contribution in [0.15, 0.2) is 71.6 Å². The zero-order valence-electron chi connectivity index (χ0n) is 20.8. The van der Waals surface area contributed by atoms with Crippen molar-refractivity contribution in [3.05, 3.63) is 89.0 Å². The van der Waals surface area contributed by atoms with Crippen LogP contribution in [-0.4, -0.2) is 26.5 Å². The molecule has 0 aliphatic carbocycles. The third kappa shape index (κ3) is 5.35. The minimum atomic E-state index is -3.96. The summed E-state index contributed by atoms with van der Waals surface area (Å²) >= 11 is 0. The molecule has 0 radical (unpaired) electrons. The van der Waals surface area contributed by atoms with E-state index in [0.717, 1.165) is 28.0 Å². The van der Waals surface area contributed by atoms with Crippen LogP contribution in [0.3, 0.4) is 0 Å². The Morgan fingerprint density at radius 1 is 1.00 bits per heavy atom. The van der Waals surface area contributed by atoms with Crippen molar-refractivity contribution in [1.82, 2.24) is 5.32 Å². The molecule has 1 N–H and O–H groups in total. The van der Waals surface area contributed by atoms with Crippen LogP contribution in [0.2, 0.25) is 0 Å². The highest BCUT2D eigenvalue weighted by Crippen LogP contribution is 2.40. The Bertz CT molecular complexity index is 1350. The summed E-state index contributed by atoms with van der Waals surface area (Å²) in [4.78, 5) is 13.5. The lowest BCUT2D eigenvalue weighted by Crippen LogP contribution is -2.45. The van der Waals surface area contributed by atoms with Gasteiger partial charge in [-0.1, -0.05) is 42.0 Å². The number of carbonyl (C=O) groups is 1. The number of ether oxygens (including phenoxy) is 1.